The summed E-state index contributed by atoms with van der Waals surface area (Å²) in [4.78, 5) is 15.8. The van der Waals surface area contributed by atoms with Gasteiger partial charge in [-0.25, -0.2) is 0 Å². The van der Waals surface area contributed by atoms with Crippen LogP contribution in [0.1, 0.15) is 31.7 Å². The van der Waals surface area contributed by atoms with Crippen LogP contribution in [0, 0.1) is 5.92 Å². The summed E-state index contributed by atoms with van der Waals surface area (Å²) in [5, 5.41) is 9.56. The van der Waals surface area contributed by atoms with Crippen molar-refractivity contribution < 1.29 is 4.79 Å². The fourth-order valence-corrected chi connectivity index (χ4v) is 2.38. The van der Waals surface area contributed by atoms with Crippen molar-refractivity contribution in [2.24, 2.45) is 10.9 Å². The molecule has 0 radical (unpaired) electrons. The molecule has 1 fully saturated rings. The zero-order chi connectivity index (χ0) is 16.5. The Morgan fingerprint density at radius 2 is 1.91 bits per heavy atom. The summed E-state index contributed by atoms with van der Waals surface area (Å²) < 4.78 is 0. The number of amides is 1. The van der Waals surface area contributed by atoms with Crippen molar-refractivity contribution in [2.75, 3.05) is 20.1 Å². The molecule has 1 aliphatic rings. The average molecular weight is 316 g/mol. The van der Waals surface area contributed by atoms with Crippen LogP contribution >= 0.6 is 0 Å². The molecule has 5 nitrogen and oxygen atoms in total. The fraction of sp³-hybridized carbons (Fsp3) is 0.556. The molecule has 23 heavy (non-hydrogen) atoms. The Bertz CT molecular complexity index is 511. The van der Waals surface area contributed by atoms with Gasteiger partial charge in [0, 0.05) is 32.1 Å². The van der Waals surface area contributed by atoms with E-state index >= 15 is 0 Å². The SMILES string of the molecule is CN=C(NCCNC(=O)C1CC1)NC(C)CCc1ccccc1. The summed E-state index contributed by atoms with van der Waals surface area (Å²) in [5.74, 6) is 1.24. The van der Waals surface area contributed by atoms with Crippen LogP contribution in [0.25, 0.3) is 0 Å². The molecular weight excluding hydrogens is 288 g/mol. The van der Waals surface area contributed by atoms with Crippen molar-refractivity contribution in [3.05, 3.63) is 35.9 Å². The van der Waals surface area contributed by atoms with Crippen LogP contribution in [0.5, 0.6) is 0 Å². The fourth-order valence-electron chi connectivity index (χ4n) is 2.38. The Hall–Kier alpha value is -2.04. The molecule has 0 bridgehead atoms. The smallest absolute Gasteiger partial charge is 0.223 e. The van der Waals surface area contributed by atoms with E-state index in [0.29, 0.717) is 19.1 Å². The van der Waals surface area contributed by atoms with Gasteiger partial charge in [-0.15, -0.1) is 0 Å². The quantitative estimate of drug-likeness (QED) is 0.388. The van der Waals surface area contributed by atoms with Crippen molar-refractivity contribution in [2.45, 2.75) is 38.6 Å². The molecule has 0 heterocycles. The second kappa shape index (κ2) is 9.18. The number of nitrogens with one attached hydrogen (secondary N) is 3. The predicted molar refractivity (Wildman–Crippen MR) is 94.5 cm³/mol. The molecule has 0 saturated heterocycles. The van der Waals surface area contributed by atoms with E-state index in [9.17, 15) is 4.79 Å². The first kappa shape index (κ1) is 17.3. The molecule has 5 heteroatoms. The van der Waals surface area contributed by atoms with E-state index in [0.717, 1.165) is 31.6 Å². The molecule has 1 aromatic rings. The van der Waals surface area contributed by atoms with Gasteiger partial charge < -0.3 is 16.0 Å². The lowest BCUT2D eigenvalue weighted by Gasteiger charge is -2.18. The molecule has 1 saturated carbocycles. The van der Waals surface area contributed by atoms with Crippen molar-refractivity contribution in [3.63, 3.8) is 0 Å². The Kier molecular flexibility index (Phi) is 6.91. The summed E-state index contributed by atoms with van der Waals surface area (Å²) in [6, 6.07) is 10.8. The average Bonchev–Trinajstić information content (AvgIpc) is 3.41. The van der Waals surface area contributed by atoms with Gasteiger partial charge in [0.1, 0.15) is 0 Å². The molecule has 0 spiro atoms. The first-order valence-electron chi connectivity index (χ1n) is 8.48. The highest BCUT2D eigenvalue weighted by atomic mass is 16.2. The number of benzene rings is 1. The second-order valence-corrected chi connectivity index (χ2v) is 6.13. The van der Waals surface area contributed by atoms with Crippen molar-refractivity contribution in [1.29, 1.82) is 0 Å². The molecule has 1 aromatic carbocycles. The molecule has 1 unspecified atom stereocenters. The maximum Gasteiger partial charge on any atom is 0.223 e. The summed E-state index contributed by atoms with van der Waals surface area (Å²) in [6.45, 7) is 3.47. The minimum atomic E-state index is 0.186. The van der Waals surface area contributed by atoms with E-state index in [2.05, 4.69) is 52.1 Å². The van der Waals surface area contributed by atoms with E-state index in [1.54, 1.807) is 7.05 Å². The van der Waals surface area contributed by atoms with Crippen LogP contribution in [0.15, 0.2) is 35.3 Å². The Balaban J connectivity index is 1.60. The maximum absolute atomic E-state index is 11.5. The topological polar surface area (TPSA) is 65.5 Å². The molecule has 1 amide bonds. The number of guanidine groups is 1. The van der Waals surface area contributed by atoms with Crippen LogP contribution in [0.3, 0.4) is 0 Å². The van der Waals surface area contributed by atoms with Gasteiger partial charge in [-0.2, -0.15) is 0 Å². The largest absolute Gasteiger partial charge is 0.355 e. The van der Waals surface area contributed by atoms with Gasteiger partial charge in [0.2, 0.25) is 5.91 Å². The number of carbonyl (C=O) groups is 1. The van der Waals surface area contributed by atoms with E-state index in [-0.39, 0.29) is 11.8 Å². The standard InChI is InChI=1S/C18H28N4O/c1-14(8-9-15-6-4-3-5-7-15)22-18(19-2)21-13-12-20-17(23)16-10-11-16/h3-7,14,16H,8-13H2,1-2H3,(H,20,23)(H2,19,21,22). The van der Waals surface area contributed by atoms with Crippen LogP contribution < -0.4 is 16.0 Å². The van der Waals surface area contributed by atoms with Gasteiger partial charge in [0.25, 0.3) is 0 Å². The lowest BCUT2D eigenvalue weighted by Crippen LogP contribution is -2.45. The summed E-state index contributed by atoms with van der Waals surface area (Å²) >= 11 is 0. The normalized spacial score (nSPS) is 15.8. The van der Waals surface area contributed by atoms with Crippen molar-refractivity contribution >= 4 is 11.9 Å². The van der Waals surface area contributed by atoms with Gasteiger partial charge in [-0.1, -0.05) is 30.3 Å². The number of hydrogen-bond acceptors (Lipinski definition) is 2. The minimum Gasteiger partial charge on any atom is -0.355 e. The van der Waals surface area contributed by atoms with E-state index < -0.39 is 0 Å². The van der Waals surface area contributed by atoms with Crippen LogP contribution in [0.2, 0.25) is 0 Å². The maximum atomic E-state index is 11.5. The molecule has 2 rings (SSSR count). The number of rotatable bonds is 8. The van der Waals surface area contributed by atoms with Gasteiger partial charge in [-0.05, 0) is 38.2 Å². The molecule has 3 N–H and O–H groups in total. The lowest BCUT2D eigenvalue weighted by atomic mass is 10.1. The third kappa shape index (κ3) is 6.72. The zero-order valence-electron chi connectivity index (χ0n) is 14.1. The minimum absolute atomic E-state index is 0.186. The Labute approximate surface area is 139 Å². The molecule has 0 aliphatic heterocycles. The van der Waals surface area contributed by atoms with Gasteiger partial charge >= 0.3 is 0 Å². The van der Waals surface area contributed by atoms with Gasteiger partial charge in [0.05, 0.1) is 0 Å². The van der Waals surface area contributed by atoms with Crippen molar-refractivity contribution in [1.82, 2.24) is 16.0 Å². The molecule has 1 aliphatic carbocycles. The zero-order valence-corrected chi connectivity index (χ0v) is 14.1. The van der Waals surface area contributed by atoms with Crippen molar-refractivity contribution in [3.8, 4) is 0 Å². The third-order valence-corrected chi connectivity index (χ3v) is 3.98. The molecular formula is C18H28N4O. The van der Waals surface area contributed by atoms with Crippen LogP contribution in [-0.4, -0.2) is 38.0 Å². The van der Waals surface area contributed by atoms with E-state index in [1.807, 2.05) is 6.07 Å². The first-order valence-corrected chi connectivity index (χ1v) is 8.48. The summed E-state index contributed by atoms with van der Waals surface area (Å²) in [6.07, 6.45) is 4.18. The number of aliphatic imine (C=N–C) groups is 1. The number of carbonyl (C=O) groups excluding carboxylic acids is 1. The molecule has 126 valence electrons. The highest BCUT2D eigenvalue weighted by Crippen LogP contribution is 2.28. The number of hydrogen-bond donors (Lipinski definition) is 3. The lowest BCUT2D eigenvalue weighted by molar-refractivity contribution is -0.122. The highest BCUT2D eigenvalue weighted by molar-refractivity contribution is 5.81. The van der Waals surface area contributed by atoms with Crippen LogP contribution in [-0.2, 0) is 11.2 Å². The van der Waals surface area contributed by atoms with E-state index in [4.69, 9.17) is 0 Å². The predicted octanol–water partition coefficient (Wildman–Crippen LogP) is 1.70. The first-order chi connectivity index (χ1) is 11.2. The van der Waals surface area contributed by atoms with Gasteiger partial charge in [0.15, 0.2) is 5.96 Å². The van der Waals surface area contributed by atoms with Gasteiger partial charge in [-0.3, -0.25) is 9.79 Å². The second-order valence-electron chi connectivity index (χ2n) is 6.13. The van der Waals surface area contributed by atoms with E-state index in [1.165, 1.54) is 5.56 Å². The number of nitrogens with zero attached hydrogens (tertiary/aromatic N) is 1. The summed E-state index contributed by atoms with van der Waals surface area (Å²) in [7, 11) is 1.77. The number of aryl methyl sites for hydroxylation is 1. The molecule has 0 aromatic heterocycles. The van der Waals surface area contributed by atoms with Crippen LogP contribution in [0.4, 0.5) is 0 Å². The Morgan fingerprint density at radius 1 is 1.22 bits per heavy atom. The third-order valence-electron chi connectivity index (χ3n) is 3.98. The summed E-state index contributed by atoms with van der Waals surface area (Å²) in [5.41, 5.74) is 1.35. The highest BCUT2D eigenvalue weighted by Gasteiger charge is 2.28. The monoisotopic (exact) mass is 316 g/mol. The molecule has 1 atom stereocenters. The Morgan fingerprint density at radius 3 is 2.57 bits per heavy atom.